The van der Waals surface area contributed by atoms with Crippen LogP contribution < -0.4 is 5.32 Å². The van der Waals surface area contributed by atoms with E-state index in [9.17, 15) is 19.3 Å². The quantitative estimate of drug-likeness (QED) is 0.692. The summed E-state index contributed by atoms with van der Waals surface area (Å²) in [7, 11) is 1.53. The maximum Gasteiger partial charge on any atom is 0.287 e. The second-order valence-electron chi connectivity index (χ2n) is 4.36. The Morgan fingerprint density at radius 3 is 2.70 bits per heavy atom. The van der Waals surface area contributed by atoms with E-state index in [0.29, 0.717) is 11.3 Å². The fraction of sp³-hybridized carbons (Fsp3) is 0.154. The molecular weight excluding hydrogens is 265 g/mol. The summed E-state index contributed by atoms with van der Waals surface area (Å²) in [6.07, 6.45) is 1.24. The van der Waals surface area contributed by atoms with E-state index in [4.69, 9.17) is 0 Å². The Hall–Kier alpha value is -2.70. The summed E-state index contributed by atoms with van der Waals surface area (Å²) >= 11 is 0. The summed E-state index contributed by atoms with van der Waals surface area (Å²) in [6.45, 7) is 1.72. The van der Waals surface area contributed by atoms with Crippen molar-refractivity contribution in [3.05, 3.63) is 57.7 Å². The molecule has 0 aliphatic heterocycles. The van der Waals surface area contributed by atoms with Gasteiger partial charge in [-0.3, -0.25) is 14.9 Å². The van der Waals surface area contributed by atoms with E-state index in [1.54, 1.807) is 13.0 Å². The first-order valence-electron chi connectivity index (χ1n) is 5.76. The van der Waals surface area contributed by atoms with Crippen LogP contribution in [0.1, 0.15) is 16.1 Å². The van der Waals surface area contributed by atoms with Gasteiger partial charge in [-0.05, 0) is 24.6 Å². The normalized spacial score (nSPS) is 10.3. The summed E-state index contributed by atoms with van der Waals surface area (Å²) in [6, 6.07) is 5.20. The number of carbonyl (C=O) groups is 1. The molecule has 20 heavy (non-hydrogen) atoms. The number of nitro groups is 1. The van der Waals surface area contributed by atoms with Gasteiger partial charge in [0.15, 0.2) is 0 Å². The molecule has 0 aliphatic rings. The molecule has 1 heterocycles. The molecule has 2 rings (SSSR count). The zero-order valence-electron chi connectivity index (χ0n) is 10.9. The Morgan fingerprint density at radius 2 is 2.10 bits per heavy atom. The average Bonchev–Trinajstić information content (AvgIpc) is 2.76. The molecule has 0 spiro atoms. The van der Waals surface area contributed by atoms with Crippen LogP contribution in [0.3, 0.4) is 0 Å². The summed E-state index contributed by atoms with van der Waals surface area (Å²) in [5, 5.41) is 13.2. The molecule has 0 fully saturated rings. The Morgan fingerprint density at radius 1 is 1.40 bits per heavy atom. The van der Waals surface area contributed by atoms with Crippen LogP contribution in [-0.2, 0) is 7.05 Å². The highest BCUT2D eigenvalue weighted by molar-refractivity contribution is 6.04. The van der Waals surface area contributed by atoms with E-state index in [2.05, 4.69) is 5.32 Å². The van der Waals surface area contributed by atoms with Crippen LogP contribution in [-0.4, -0.2) is 15.4 Å². The fourth-order valence-electron chi connectivity index (χ4n) is 1.79. The number of nitrogens with zero attached hydrogens (tertiary/aromatic N) is 2. The SMILES string of the molecule is Cc1ccc(F)cc1NC(=O)c1cc([N+](=O)[O-])cn1C. The third kappa shape index (κ3) is 2.66. The summed E-state index contributed by atoms with van der Waals surface area (Å²) in [5.41, 5.74) is 0.983. The summed E-state index contributed by atoms with van der Waals surface area (Å²) < 4.78 is 14.5. The third-order valence-electron chi connectivity index (χ3n) is 2.88. The number of hydrogen-bond donors (Lipinski definition) is 1. The minimum absolute atomic E-state index is 0.125. The minimum atomic E-state index is -0.579. The van der Waals surface area contributed by atoms with Crippen LogP contribution >= 0.6 is 0 Å². The average molecular weight is 277 g/mol. The standard InChI is InChI=1S/C13H12FN3O3/c1-8-3-4-9(14)5-11(8)15-13(18)12-6-10(17(19)20)7-16(12)2/h3-7H,1-2H3,(H,15,18). The molecule has 6 nitrogen and oxygen atoms in total. The van der Waals surface area contributed by atoms with Crippen molar-refractivity contribution >= 4 is 17.3 Å². The molecule has 1 aromatic heterocycles. The van der Waals surface area contributed by atoms with Crippen molar-refractivity contribution in [2.24, 2.45) is 7.05 Å². The molecule has 1 aromatic carbocycles. The predicted molar refractivity (Wildman–Crippen MR) is 71.2 cm³/mol. The molecule has 0 saturated carbocycles. The number of hydrogen-bond acceptors (Lipinski definition) is 3. The van der Waals surface area contributed by atoms with E-state index in [-0.39, 0.29) is 11.4 Å². The largest absolute Gasteiger partial charge is 0.340 e. The number of benzene rings is 1. The van der Waals surface area contributed by atoms with Gasteiger partial charge in [-0.1, -0.05) is 6.07 Å². The van der Waals surface area contributed by atoms with Gasteiger partial charge in [-0.25, -0.2) is 4.39 Å². The first-order chi connectivity index (χ1) is 9.38. The molecule has 1 amide bonds. The van der Waals surface area contributed by atoms with Crippen LogP contribution in [0.4, 0.5) is 15.8 Å². The van der Waals surface area contributed by atoms with E-state index in [1.807, 2.05) is 0 Å². The number of anilines is 1. The monoisotopic (exact) mass is 277 g/mol. The predicted octanol–water partition coefficient (Wildman–Crippen LogP) is 2.63. The zero-order valence-corrected chi connectivity index (χ0v) is 10.9. The Bertz CT molecular complexity index is 694. The van der Waals surface area contributed by atoms with Crippen LogP contribution in [0.25, 0.3) is 0 Å². The van der Waals surface area contributed by atoms with Gasteiger partial charge in [-0.15, -0.1) is 0 Å². The van der Waals surface area contributed by atoms with E-state index in [1.165, 1.54) is 36.0 Å². The van der Waals surface area contributed by atoms with Crippen LogP contribution in [0.5, 0.6) is 0 Å². The first kappa shape index (κ1) is 13.7. The lowest BCUT2D eigenvalue weighted by Gasteiger charge is -2.08. The molecule has 0 unspecified atom stereocenters. The van der Waals surface area contributed by atoms with Crippen molar-refractivity contribution in [3.63, 3.8) is 0 Å². The lowest BCUT2D eigenvalue weighted by atomic mass is 10.2. The molecular formula is C13H12FN3O3. The summed E-state index contributed by atoms with van der Waals surface area (Å²) in [5.74, 6) is -1.00. The highest BCUT2D eigenvalue weighted by Crippen LogP contribution is 2.19. The van der Waals surface area contributed by atoms with Gasteiger partial charge >= 0.3 is 0 Å². The van der Waals surface area contributed by atoms with Crippen LogP contribution in [0, 0.1) is 22.9 Å². The zero-order chi connectivity index (χ0) is 14.9. The Labute approximate surface area is 114 Å². The number of halogens is 1. The summed E-state index contributed by atoms with van der Waals surface area (Å²) in [4.78, 5) is 22.1. The lowest BCUT2D eigenvalue weighted by Crippen LogP contribution is -2.16. The maximum atomic E-state index is 13.1. The van der Waals surface area contributed by atoms with Gasteiger partial charge in [-0.2, -0.15) is 0 Å². The minimum Gasteiger partial charge on any atom is -0.340 e. The molecule has 2 aromatic rings. The van der Waals surface area contributed by atoms with Gasteiger partial charge in [0.05, 0.1) is 11.1 Å². The lowest BCUT2D eigenvalue weighted by molar-refractivity contribution is -0.384. The molecule has 0 saturated heterocycles. The number of rotatable bonds is 3. The van der Waals surface area contributed by atoms with Gasteiger partial charge in [0.25, 0.3) is 11.6 Å². The Balaban J connectivity index is 2.28. The number of nitrogens with one attached hydrogen (secondary N) is 1. The number of carbonyl (C=O) groups excluding carboxylic acids is 1. The maximum absolute atomic E-state index is 13.1. The highest BCUT2D eigenvalue weighted by Gasteiger charge is 2.18. The van der Waals surface area contributed by atoms with Gasteiger partial charge in [0.2, 0.25) is 0 Å². The van der Waals surface area contributed by atoms with Crippen molar-refractivity contribution in [1.29, 1.82) is 0 Å². The van der Waals surface area contributed by atoms with Gasteiger partial charge in [0.1, 0.15) is 11.5 Å². The molecule has 0 aliphatic carbocycles. The smallest absolute Gasteiger partial charge is 0.287 e. The Kier molecular flexibility index (Phi) is 3.51. The van der Waals surface area contributed by atoms with Crippen molar-refractivity contribution < 1.29 is 14.1 Å². The topological polar surface area (TPSA) is 77.2 Å². The first-order valence-corrected chi connectivity index (χ1v) is 5.76. The van der Waals surface area contributed by atoms with Crippen molar-refractivity contribution in [1.82, 2.24) is 4.57 Å². The molecule has 0 atom stereocenters. The van der Waals surface area contributed by atoms with Gasteiger partial charge < -0.3 is 9.88 Å². The molecule has 0 radical (unpaired) electrons. The van der Waals surface area contributed by atoms with E-state index in [0.717, 1.165) is 0 Å². The third-order valence-corrected chi connectivity index (χ3v) is 2.88. The van der Waals surface area contributed by atoms with Crippen molar-refractivity contribution in [2.75, 3.05) is 5.32 Å². The number of aromatic nitrogens is 1. The highest BCUT2D eigenvalue weighted by atomic mass is 19.1. The number of aryl methyl sites for hydroxylation is 2. The van der Waals surface area contributed by atoms with Crippen LogP contribution in [0.2, 0.25) is 0 Å². The molecule has 7 heteroatoms. The van der Waals surface area contributed by atoms with E-state index >= 15 is 0 Å². The second-order valence-corrected chi connectivity index (χ2v) is 4.36. The van der Waals surface area contributed by atoms with Crippen molar-refractivity contribution in [3.8, 4) is 0 Å². The molecule has 104 valence electrons. The second kappa shape index (κ2) is 5.12. The van der Waals surface area contributed by atoms with Crippen LogP contribution in [0.15, 0.2) is 30.5 Å². The molecule has 1 N–H and O–H groups in total. The fourth-order valence-corrected chi connectivity index (χ4v) is 1.79. The van der Waals surface area contributed by atoms with Crippen molar-refractivity contribution in [2.45, 2.75) is 6.92 Å². The molecule has 0 bridgehead atoms. The van der Waals surface area contributed by atoms with Gasteiger partial charge in [0, 0.05) is 18.8 Å². The van der Waals surface area contributed by atoms with E-state index < -0.39 is 16.6 Å². The number of amides is 1.